The van der Waals surface area contributed by atoms with E-state index in [1.54, 1.807) is 0 Å². The number of aryl methyl sites for hydroxylation is 1. The molecule has 0 fully saturated rings. The van der Waals surface area contributed by atoms with Crippen molar-refractivity contribution in [1.82, 2.24) is 4.98 Å². The van der Waals surface area contributed by atoms with Gasteiger partial charge in [0, 0.05) is 48.2 Å². The van der Waals surface area contributed by atoms with Crippen LogP contribution in [0.4, 0.5) is 11.5 Å². The van der Waals surface area contributed by atoms with Crippen LogP contribution in [0.5, 0.6) is 0 Å². The molecule has 0 saturated heterocycles. The summed E-state index contributed by atoms with van der Waals surface area (Å²) in [6, 6.07) is 17.4. The molecule has 3 N–H and O–H groups in total. The molecule has 1 aliphatic rings. The van der Waals surface area contributed by atoms with Crippen LogP contribution >= 0.6 is 11.8 Å². The highest BCUT2D eigenvalue weighted by Crippen LogP contribution is 2.30. The Balaban J connectivity index is 1.70. The predicted molar refractivity (Wildman–Crippen MR) is 117 cm³/mol. The van der Waals surface area contributed by atoms with Gasteiger partial charge in [0.1, 0.15) is 5.82 Å². The quantitative estimate of drug-likeness (QED) is 0.649. The number of anilines is 2. The van der Waals surface area contributed by atoms with E-state index < -0.39 is 0 Å². The summed E-state index contributed by atoms with van der Waals surface area (Å²) in [5, 5.41) is 4.62. The van der Waals surface area contributed by atoms with E-state index in [2.05, 4.69) is 58.9 Å². The standard InChI is InChI=1S/C22H26N4S/c1-27-18-9-8-17-15-26(12-4-5-16(17)13-18)22-14-21(24-11-10-23)19-6-2-3-7-20(19)25-22/h2-3,6-9,13-14H,4-5,10-12,15,23H2,1H3,(H,24,25). The average Bonchev–Trinajstić information content (AvgIpc) is 2.93. The van der Waals surface area contributed by atoms with Crippen molar-refractivity contribution in [3.63, 3.8) is 0 Å². The molecule has 1 aromatic heterocycles. The summed E-state index contributed by atoms with van der Waals surface area (Å²) in [6.45, 7) is 3.30. The minimum atomic E-state index is 0.612. The van der Waals surface area contributed by atoms with Crippen molar-refractivity contribution in [2.75, 3.05) is 36.1 Å². The van der Waals surface area contributed by atoms with Gasteiger partial charge < -0.3 is 16.0 Å². The van der Waals surface area contributed by atoms with Gasteiger partial charge in [-0.1, -0.05) is 24.3 Å². The minimum absolute atomic E-state index is 0.612. The van der Waals surface area contributed by atoms with Gasteiger partial charge in [0.15, 0.2) is 0 Å². The molecule has 1 aliphatic heterocycles. The molecule has 4 rings (SSSR count). The lowest BCUT2D eigenvalue weighted by Crippen LogP contribution is -2.24. The Morgan fingerprint density at radius 3 is 2.89 bits per heavy atom. The summed E-state index contributed by atoms with van der Waals surface area (Å²) in [4.78, 5) is 8.72. The van der Waals surface area contributed by atoms with Gasteiger partial charge in [-0.2, -0.15) is 0 Å². The van der Waals surface area contributed by atoms with Crippen LogP contribution in [0.15, 0.2) is 53.4 Å². The SMILES string of the molecule is CSc1ccc2c(c1)CCCN(c1cc(NCCN)c3ccccc3n1)C2. The fraction of sp³-hybridized carbons (Fsp3) is 0.318. The Morgan fingerprint density at radius 1 is 1.15 bits per heavy atom. The second-order valence-electron chi connectivity index (χ2n) is 6.92. The van der Waals surface area contributed by atoms with Crippen LogP contribution in [0.25, 0.3) is 10.9 Å². The van der Waals surface area contributed by atoms with Crippen LogP contribution in [0.1, 0.15) is 17.5 Å². The molecule has 27 heavy (non-hydrogen) atoms. The number of nitrogens with zero attached hydrogens (tertiary/aromatic N) is 2. The normalized spacial score (nSPS) is 14.1. The number of benzene rings is 2. The van der Waals surface area contributed by atoms with E-state index in [0.29, 0.717) is 6.54 Å². The third kappa shape index (κ3) is 3.89. The van der Waals surface area contributed by atoms with Crippen LogP contribution in [-0.4, -0.2) is 30.9 Å². The van der Waals surface area contributed by atoms with Gasteiger partial charge in [-0.25, -0.2) is 4.98 Å². The Morgan fingerprint density at radius 2 is 2.04 bits per heavy atom. The van der Waals surface area contributed by atoms with Crippen LogP contribution in [0.3, 0.4) is 0 Å². The van der Waals surface area contributed by atoms with E-state index in [4.69, 9.17) is 10.7 Å². The second-order valence-corrected chi connectivity index (χ2v) is 7.80. The maximum absolute atomic E-state index is 5.71. The zero-order valence-corrected chi connectivity index (χ0v) is 16.6. The first-order valence-electron chi connectivity index (χ1n) is 9.53. The monoisotopic (exact) mass is 378 g/mol. The molecule has 5 heteroatoms. The number of para-hydroxylation sites is 1. The molecular formula is C22H26N4S. The van der Waals surface area contributed by atoms with Gasteiger partial charge in [0.05, 0.1) is 5.52 Å². The molecule has 2 heterocycles. The summed E-state index contributed by atoms with van der Waals surface area (Å²) < 4.78 is 0. The lowest BCUT2D eigenvalue weighted by molar-refractivity contribution is 0.756. The van der Waals surface area contributed by atoms with E-state index >= 15 is 0 Å². The Kier molecular flexibility index (Phi) is 5.50. The molecule has 0 atom stereocenters. The zero-order valence-electron chi connectivity index (χ0n) is 15.7. The van der Waals surface area contributed by atoms with Gasteiger partial charge in [0.2, 0.25) is 0 Å². The third-order valence-electron chi connectivity index (χ3n) is 5.14. The topological polar surface area (TPSA) is 54.2 Å². The molecule has 0 radical (unpaired) electrons. The van der Waals surface area contributed by atoms with Gasteiger partial charge in [0.25, 0.3) is 0 Å². The number of thioether (sulfide) groups is 1. The number of fused-ring (bicyclic) bond motifs is 2. The lowest BCUT2D eigenvalue weighted by Gasteiger charge is -2.24. The summed E-state index contributed by atoms with van der Waals surface area (Å²) >= 11 is 1.81. The van der Waals surface area contributed by atoms with Crippen molar-refractivity contribution in [3.05, 3.63) is 59.7 Å². The number of rotatable bonds is 5. The Hall–Kier alpha value is -2.24. The van der Waals surface area contributed by atoms with Crippen molar-refractivity contribution in [1.29, 1.82) is 0 Å². The van der Waals surface area contributed by atoms with Crippen molar-refractivity contribution >= 4 is 34.2 Å². The first-order chi connectivity index (χ1) is 13.3. The van der Waals surface area contributed by atoms with Crippen LogP contribution in [0.2, 0.25) is 0 Å². The smallest absolute Gasteiger partial charge is 0.131 e. The number of hydrogen-bond donors (Lipinski definition) is 2. The molecule has 0 saturated carbocycles. The van der Waals surface area contributed by atoms with Gasteiger partial charge in [-0.15, -0.1) is 11.8 Å². The largest absolute Gasteiger partial charge is 0.383 e. The maximum Gasteiger partial charge on any atom is 0.131 e. The number of nitrogens with two attached hydrogens (primary N) is 1. The summed E-state index contributed by atoms with van der Waals surface area (Å²) in [7, 11) is 0. The molecule has 0 aliphatic carbocycles. The number of aromatic nitrogens is 1. The summed E-state index contributed by atoms with van der Waals surface area (Å²) in [6.07, 6.45) is 4.41. The number of pyridine rings is 1. The van der Waals surface area contributed by atoms with Crippen molar-refractivity contribution in [3.8, 4) is 0 Å². The lowest BCUT2D eigenvalue weighted by atomic mass is 10.0. The molecular weight excluding hydrogens is 352 g/mol. The van der Waals surface area contributed by atoms with E-state index in [-0.39, 0.29) is 0 Å². The fourth-order valence-electron chi connectivity index (χ4n) is 3.73. The van der Waals surface area contributed by atoms with E-state index in [0.717, 1.165) is 54.9 Å². The molecule has 140 valence electrons. The second kappa shape index (κ2) is 8.19. The van der Waals surface area contributed by atoms with E-state index in [9.17, 15) is 0 Å². The summed E-state index contributed by atoms with van der Waals surface area (Å²) in [5.41, 5.74) is 10.7. The van der Waals surface area contributed by atoms with E-state index in [1.807, 2.05) is 17.8 Å². The molecule has 2 aromatic carbocycles. The predicted octanol–water partition coefficient (Wildman–Crippen LogP) is 4.28. The van der Waals surface area contributed by atoms with Gasteiger partial charge in [-0.3, -0.25) is 0 Å². The Bertz CT molecular complexity index is 941. The van der Waals surface area contributed by atoms with Crippen molar-refractivity contribution in [2.24, 2.45) is 5.73 Å². The van der Waals surface area contributed by atoms with Gasteiger partial charge >= 0.3 is 0 Å². The molecule has 0 bridgehead atoms. The highest BCUT2D eigenvalue weighted by molar-refractivity contribution is 7.98. The van der Waals surface area contributed by atoms with E-state index in [1.165, 1.54) is 16.0 Å². The number of nitrogens with one attached hydrogen (secondary N) is 1. The highest BCUT2D eigenvalue weighted by Gasteiger charge is 2.17. The first kappa shape index (κ1) is 18.1. The first-order valence-corrected chi connectivity index (χ1v) is 10.8. The molecule has 3 aromatic rings. The minimum Gasteiger partial charge on any atom is -0.383 e. The molecule has 4 nitrogen and oxygen atoms in total. The molecule has 0 unspecified atom stereocenters. The van der Waals surface area contributed by atoms with Crippen LogP contribution in [-0.2, 0) is 13.0 Å². The highest BCUT2D eigenvalue weighted by atomic mass is 32.2. The van der Waals surface area contributed by atoms with Crippen molar-refractivity contribution < 1.29 is 0 Å². The van der Waals surface area contributed by atoms with Crippen molar-refractivity contribution in [2.45, 2.75) is 24.3 Å². The maximum atomic E-state index is 5.71. The Labute approximate surface area is 165 Å². The van der Waals surface area contributed by atoms with Crippen LogP contribution < -0.4 is 16.0 Å². The van der Waals surface area contributed by atoms with Gasteiger partial charge in [-0.05, 0) is 48.4 Å². The zero-order chi connectivity index (χ0) is 18.6. The van der Waals surface area contributed by atoms with Crippen LogP contribution in [0, 0.1) is 0 Å². The number of hydrogen-bond acceptors (Lipinski definition) is 5. The molecule has 0 amide bonds. The average molecular weight is 379 g/mol. The molecule has 0 spiro atoms. The third-order valence-corrected chi connectivity index (χ3v) is 5.86. The fourth-order valence-corrected chi connectivity index (χ4v) is 4.20. The summed E-state index contributed by atoms with van der Waals surface area (Å²) in [5.74, 6) is 1.04.